The van der Waals surface area contributed by atoms with Crippen molar-refractivity contribution in [2.45, 2.75) is 12.5 Å². The van der Waals surface area contributed by atoms with E-state index in [1.54, 1.807) is 6.20 Å². The van der Waals surface area contributed by atoms with Gasteiger partial charge >= 0.3 is 0 Å². The zero-order valence-electron chi connectivity index (χ0n) is 12.9. The lowest BCUT2D eigenvalue weighted by atomic mass is 10.0. The molecule has 2 heterocycles. The van der Waals surface area contributed by atoms with Crippen molar-refractivity contribution in [1.29, 1.82) is 0 Å². The molecule has 0 spiro atoms. The second kappa shape index (κ2) is 7.49. The summed E-state index contributed by atoms with van der Waals surface area (Å²) in [6, 6.07) is 13.9. The number of aliphatic imine (C=N–C) groups is 1. The number of nitrogens with one attached hydrogen (secondary N) is 2. The number of fused-ring (bicyclic) bond motifs is 1. The van der Waals surface area contributed by atoms with Crippen LogP contribution in [0.5, 0.6) is 5.75 Å². The quantitative estimate of drug-likeness (QED) is 0.446. The van der Waals surface area contributed by atoms with E-state index in [1.165, 1.54) is 0 Å². The number of hydrogen-bond acceptors (Lipinski definition) is 4. The molecule has 1 aliphatic heterocycles. The van der Waals surface area contributed by atoms with Gasteiger partial charge in [0, 0.05) is 24.7 Å². The number of hydrogen-bond donors (Lipinski definition) is 3. The Morgan fingerprint density at radius 2 is 2.13 bits per heavy atom. The number of nitrogens with zero attached hydrogens (tertiary/aromatic N) is 2. The van der Waals surface area contributed by atoms with E-state index in [9.17, 15) is 0 Å². The number of para-hydroxylation sites is 1. The summed E-state index contributed by atoms with van der Waals surface area (Å²) in [4.78, 5) is 8.55. The average Bonchev–Trinajstić information content (AvgIpc) is 2.60. The molecule has 6 nitrogen and oxygen atoms in total. The fourth-order valence-corrected chi connectivity index (χ4v) is 2.54. The summed E-state index contributed by atoms with van der Waals surface area (Å²) in [5.74, 6) is 2.21. The second-order valence-electron chi connectivity index (χ2n) is 5.28. The molecular weight excluding hydrogens is 290 g/mol. The van der Waals surface area contributed by atoms with Crippen LogP contribution in [0, 0.1) is 0 Å². The molecule has 0 fully saturated rings. The summed E-state index contributed by atoms with van der Waals surface area (Å²) in [5.41, 5.74) is 7.12. The van der Waals surface area contributed by atoms with Gasteiger partial charge in [-0.1, -0.05) is 24.3 Å². The Morgan fingerprint density at radius 1 is 1.26 bits per heavy atom. The molecule has 6 heteroatoms. The number of pyridine rings is 1. The van der Waals surface area contributed by atoms with Gasteiger partial charge in [-0.05, 0) is 18.2 Å². The van der Waals surface area contributed by atoms with Gasteiger partial charge in [0.25, 0.3) is 0 Å². The largest absolute Gasteiger partial charge is 0.493 e. The number of aromatic nitrogens is 1. The first-order valence-electron chi connectivity index (χ1n) is 7.76. The van der Waals surface area contributed by atoms with Crippen LogP contribution in [-0.2, 0) is 0 Å². The van der Waals surface area contributed by atoms with Gasteiger partial charge in [0.05, 0.1) is 19.2 Å². The Hall–Kier alpha value is -2.76. The van der Waals surface area contributed by atoms with Crippen molar-refractivity contribution >= 4 is 11.8 Å². The van der Waals surface area contributed by atoms with E-state index in [-0.39, 0.29) is 6.04 Å². The van der Waals surface area contributed by atoms with Crippen molar-refractivity contribution in [3.63, 3.8) is 0 Å². The number of rotatable bonds is 5. The lowest BCUT2D eigenvalue weighted by molar-refractivity contribution is 0.262. The molecule has 120 valence electrons. The topological polar surface area (TPSA) is 84.6 Å². The molecule has 23 heavy (non-hydrogen) atoms. The van der Waals surface area contributed by atoms with Crippen LogP contribution in [0.3, 0.4) is 0 Å². The van der Waals surface area contributed by atoms with Gasteiger partial charge in [0.1, 0.15) is 11.6 Å². The van der Waals surface area contributed by atoms with Gasteiger partial charge < -0.3 is 21.1 Å². The molecular formula is C17H21N5O. The molecule has 0 amide bonds. The fraction of sp³-hybridized carbons (Fsp3) is 0.294. The lowest BCUT2D eigenvalue weighted by Crippen LogP contribution is -2.37. The van der Waals surface area contributed by atoms with E-state index in [1.807, 2.05) is 36.4 Å². The van der Waals surface area contributed by atoms with Crippen molar-refractivity contribution in [2.75, 3.05) is 25.0 Å². The molecule has 0 saturated heterocycles. The molecule has 0 radical (unpaired) electrons. The number of benzene rings is 1. The Labute approximate surface area is 135 Å². The minimum Gasteiger partial charge on any atom is -0.493 e. The Balaban J connectivity index is 1.50. The molecule has 1 unspecified atom stereocenters. The molecule has 1 atom stereocenters. The highest BCUT2D eigenvalue weighted by molar-refractivity contribution is 5.78. The highest BCUT2D eigenvalue weighted by Gasteiger charge is 2.20. The first-order chi connectivity index (χ1) is 11.3. The molecule has 3 rings (SSSR count). The SMILES string of the molecule is NC(=NCCNc1ccccn1)NC1CCOc2ccccc21. The van der Waals surface area contributed by atoms with Crippen LogP contribution in [0.2, 0.25) is 0 Å². The third-order valence-corrected chi connectivity index (χ3v) is 3.65. The maximum Gasteiger partial charge on any atom is 0.189 e. The number of guanidine groups is 1. The predicted molar refractivity (Wildman–Crippen MR) is 91.6 cm³/mol. The summed E-state index contributed by atoms with van der Waals surface area (Å²) < 4.78 is 5.65. The van der Waals surface area contributed by atoms with Crippen molar-refractivity contribution in [1.82, 2.24) is 10.3 Å². The van der Waals surface area contributed by atoms with Gasteiger partial charge in [-0.25, -0.2) is 4.98 Å². The summed E-state index contributed by atoms with van der Waals surface area (Å²) in [6.07, 6.45) is 2.63. The van der Waals surface area contributed by atoms with Gasteiger partial charge in [0.2, 0.25) is 0 Å². The maximum absolute atomic E-state index is 6.00. The minimum absolute atomic E-state index is 0.146. The summed E-state index contributed by atoms with van der Waals surface area (Å²) in [6.45, 7) is 1.95. The van der Waals surface area contributed by atoms with E-state index < -0.39 is 0 Å². The Kier molecular flexibility index (Phi) is 4.93. The first kappa shape index (κ1) is 15.1. The maximum atomic E-state index is 6.00. The Morgan fingerprint density at radius 3 is 3.00 bits per heavy atom. The van der Waals surface area contributed by atoms with Crippen molar-refractivity contribution in [2.24, 2.45) is 10.7 Å². The zero-order valence-corrected chi connectivity index (χ0v) is 12.9. The second-order valence-corrected chi connectivity index (χ2v) is 5.28. The lowest BCUT2D eigenvalue weighted by Gasteiger charge is -2.26. The molecule has 0 aliphatic carbocycles. The fourth-order valence-electron chi connectivity index (χ4n) is 2.54. The van der Waals surface area contributed by atoms with Crippen LogP contribution < -0.4 is 21.1 Å². The van der Waals surface area contributed by atoms with E-state index >= 15 is 0 Å². The van der Waals surface area contributed by atoms with E-state index in [0.717, 1.165) is 23.6 Å². The highest BCUT2D eigenvalue weighted by Crippen LogP contribution is 2.31. The van der Waals surface area contributed by atoms with E-state index in [4.69, 9.17) is 10.5 Å². The van der Waals surface area contributed by atoms with Crippen LogP contribution in [0.4, 0.5) is 5.82 Å². The predicted octanol–water partition coefficient (Wildman–Crippen LogP) is 1.92. The summed E-state index contributed by atoms with van der Waals surface area (Å²) in [5, 5.41) is 6.48. The molecule has 1 aliphatic rings. The molecule has 1 aromatic heterocycles. The van der Waals surface area contributed by atoms with Gasteiger partial charge in [-0.15, -0.1) is 0 Å². The third-order valence-electron chi connectivity index (χ3n) is 3.65. The zero-order chi connectivity index (χ0) is 15.9. The van der Waals surface area contributed by atoms with Crippen molar-refractivity contribution in [3.8, 4) is 5.75 Å². The molecule has 4 N–H and O–H groups in total. The van der Waals surface area contributed by atoms with Gasteiger partial charge in [0.15, 0.2) is 5.96 Å². The monoisotopic (exact) mass is 311 g/mol. The van der Waals surface area contributed by atoms with Crippen LogP contribution in [0.1, 0.15) is 18.0 Å². The molecule has 2 aromatic rings. The van der Waals surface area contributed by atoms with E-state index in [2.05, 4.69) is 26.7 Å². The normalized spacial score (nSPS) is 17.0. The Bertz CT molecular complexity index is 659. The minimum atomic E-state index is 0.146. The van der Waals surface area contributed by atoms with Crippen LogP contribution in [0.25, 0.3) is 0 Å². The molecule has 0 bridgehead atoms. The molecule has 1 aromatic carbocycles. The third kappa shape index (κ3) is 4.12. The van der Waals surface area contributed by atoms with Crippen LogP contribution in [-0.4, -0.2) is 30.6 Å². The van der Waals surface area contributed by atoms with Gasteiger partial charge in [-0.2, -0.15) is 0 Å². The van der Waals surface area contributed by atoms with Gasteiger partial charge in [-0.3, -0.25) is 4.99 Å². The standard InChI is InChI=1S/C17H21N5O/c18-17(21-11-10-20-16-7-3-4-9-19-16)22-14-8-12-23-15-6-2-1-5-13(14)15/h1-7,9,14H,8,10-12H2,(H,19,20)(H3,18,21,22). The van der Waals surface area contributed by atoms with Crippen LogP contribution in [0.15, 0.2) is 53.7 Å². The van der Waals surface area contributed by atoms with Crippen molar-refractivity contribution < 1.29 is 4.74 Å². The summed E-state index contributed by atoms with van der Waals surface area (Å²) >= 11 is 0. The summed E-state index contributed by atoms with van der Waals surface area (Å²) in [7, 11) is 0. The number of anilines is 1. The highest BCUT2D eigenvalue weighted by atomic mass is 16.5. The number of nitrogens with two attached hydrogens (primary N) is 1. The van der Waals surface area contributed by atoms with Crippen LogP contribution >= 0.6 is 0 Å². The first-order valence-corrected chi connectivity index (χ1v) is 7.76. The molecule has 0 saturated carbocycles. The average molecular weight is 311 g/mol. The smallest absolute Gasteiger partial charge is 0.189 e. The van der Waals surface area contributed by atoms with Crippen molar-refractivity contribution in [3.05, 3.63) is 54.2 Å². The number of ether oxygens (including phenoxy) is 1. The van der Waals surface area contributed by atoms with E-state index in [0.29, 0.717) is 25.7 Å².